The van der Waals surface area contributed by atoms with E-state index in [1.54, 1.807) is 12.1 Å². The van der Waals surface area contributed by atoms with Crippen molar-refractivity contribution in [2.75, 3.05) is 0 Å². The van der Waals surface area contributed by atoms with Gasteiger partial charge in [-0.1, -0.05) is 75.0 Å². The van der Waals surface area contributed by atoms with Crippen LogP contribution in [0.15, 0.2) is 60.7 Å². The Morgan fingerprint density at radius 1 is 0.594 bits per heavy atom. The number of aryl methyl sites for hydroxylation is 2. The molecule has 3 rings (SSSR count). The van der Waals surface area contributed by atoms with E-state index in [4.69, 9.17) is 0 Å². The molecule has 0 saturated heterocycles. The number of unbranched alkanes of at least 4 members (excludes halogenated alkanes) is 3. The van der Waals surface area contributed by atoms with Crippen LogP contribution in [0.3, 0.4) is 0 Å². The minimum absolute atomic E-state index is 0.0826. The molecular formula is C30H28F2. The lowest BCUT2D eigenvalue weighted by Crippen LogP contribution is -1.98. The second kappa shape index (κ2) is 11.9. The van der Waals surface area contributed by atoms with Crippen molar-refractivity contribution in [2.45, 2.75) is 52.4 Å². The van der Waals surface area contributed by atoms with Crippen molar-refractivity contribution in [1.82, 2.24) is 0 Å². The fraction of sp³-hybridized carbons (Fsp3) is 0.267. The fourth-order valence-corrected chi connectivity index (χ4v) is 3.37. The van der Waals surface area contributed by atoms with E-state index in [0.29, 0.717) is 12.0 Å². The predicted octanol–water partition coefficient (Wildman–Crippen LogP) is 7.45. The Morgan fingerprint density at radius 2 is 1.16 bits per heavy atom. The molecular weight excluding hydrogens is 398 g/mol. The average molecular weight is 427 g/mol. The molecule has 0 N–H and O–H groups in total. The van der Waals surface area contributed by atoms with Crippen LogP contribution in [0.4, 0.5) is 8.78 Å². The van der Waals surface area contributed by atoms with Gasteiger partial charge < -0.3 is 0 Å². The van der Waals surface area contributed by atoms with Crippen LogP contribution in [0.5, 0.6) is 0 Å². The summed E-state index contributed by atoms with van der Waals surface area (Å²) in [6, 6.07) is 18.9. The maximum absolute atomic E-state index is 14.4. The summed E-state index contributed by atoms with van der Waals surface area (Å²) in [6.45, 7) is 4.25. The van der Waals surface area contributed by atoms with Crippen LogP contribution < -0.4 is 0 Å². The summed E-state index contributed by atoms with van der Waals surface area (Å²) < 4.78 is 28.8. The Kier molecular flexibility index (Phi) is 8.65. The zero-order valence-corrected chi connectivity index (χ0v) is 18.8. The minimum Gasteiger partial charge on any atom is -0.203 e. The topological polar surface area (TPSA) is 0 Å². The molecule has 0 bridgehead atoms. The highest BCUT2D eigenvalue weighted by Gasteiger charge is 2.11. The summed E-state index contributed by atoms with van der Waals surface area (Å²) in [4.78, 5) is 0. The van der Waals surface area contributed by atoms with E-state index in [0.717, 1.165) is 48.8 Å². The monoisotopic (exact) mass is 426 g/mol. The Morgan fingerprint density at radius 3 is 1.72 bits per heavy atom. The molecule has 32 heavy (non-hydrogen) atoms. The van der Waals surface area contributed by atoms with Gasteiger partial charge in [0.25, 0.3) is 0 Å². The van der Waals surface area contributed by atoms with Gasteiger partial charge in [-0.15, -0.1) is 0 Å². The Labute approximate surface area is 190 Å². The van der Waals surface area contributed by atoms with Gasteiger partial charge in [0.2, 0.25) is 0 Å². The van der Waals surface area contributed by atoms with Crippen LogP contribution in [0.2, 0.25) is 0 Å². The van der Waals surface area contributed by atoms with Gasteiger partial charge >= 0.3 is 0 Å². The molecule has 162 valence electrons. The molecule has 0 fully saturated rings. The summed E-state index contributed by atoms with van der Waals surface area (Å²) in [5.74, 6) is 10.3. The second-order valence-corrected chi connectivity index (χ2v) is 7.84. The second-order valence-electron chi connectivity index (χ2n) is 7.84. The van der Waals surface area contributed by atoms with E-state index in [1.165, 1.54) is 5.56 Å². The summed E-state index contributed by atoms with van der Waals surface area (Å²) in [6.07, 6.45) is 5.70. The van der Waals surface area contributed by atoms with Gasteiger partial charge in [0.05, 0.1) is 5.56 Å². The predicted molar refractivity (Wildman–Crippen MR) is 128 cm³/mol. The molecule has 3 aromatic rings. The number of rotatable bonds is 6. The highest BCUT2D eigenvalue weighted by Crippen LogP contribution is 2.18. The van der Waals surface area contributed by atoms with E-state index in [-0.39, 0.29) is 5.56 Å². The third-order valence-corrected chi connectivity index (χ3v) is 5.40. The van der Waals surface area contributed by atoms with Crippen LogP contribution in [0, 0.1) is 35.3 Å². The molecule has 0 aliphatic rings. The first-order valence-electron chi connectivity index (χ1n) is 11.3. The van der Waals surface area contributed by atoms with Crippen LogP contribution in [-0.2, 0) is 12.8 Å². The van der Waals surface area contributed by atoms with Gasteiger partial charge in [-0.3, -0.25) is 0 Å². The van der Waals surface area contributed by atoms with Gasteiger partial charge in [-0.2, -0.15) is 0 Å². The van der Waals surface area contributed by atoms with Crippen LogP contribution in [-0.4, -0.2) is 0 Å². The van der Waals surface area contributed by atoms with E-state index in [9.17, 15) is 8.78 Å². The van der Waals surface area contributed by atoms with Crippen molar-refractivity contribution in [2.24, 2.45) is 0 Å². The molecule has 3 aromatic carbocycles. The van der Waals surface area contributed by atoms with Crippen LogP contribution >= 0.6 is 0 Å². The first-order chi connectivity index (χ1) is 15.6. The molecule has 0 aliphatic carbocycles. The number of halogens is 2. The molecule has 2 heteroatoms. The molecule has 0 unspecified atom stereocenters. The smallest absolute Gasteiger partial charge is 0.174 e. The van der Waals surface area contributed by atoms with Crippen molar-refractivity contribution < 1.29 is 8.78 Å². The molecule has 0 nitrogen and oxygen atoms in total. The molecule has 0 heterocycles. The summed E-state index contributed by atoms with van der Waals surface area (Å²) >= 11 is 0. The zero-order valence-electron chi connectivity index (χ0n) is 18.8. The molecule has 0 spiro atoms. The highest BCUT2D eigenvalue weighted by molar-refractivity contribution is 5.48. The lowest BCUT2D eigenvalue weighted by atomic mass is 10.0. The molecule has 0 atom stereocenters. The first-order valence-corrected chi connectivity index (χ1v) is 11.3. The molecule has 0 aliphatic heterocycles. The third-order valence-electron chi connectivity index (χ3n) is 5.40. The Bertz CT molecular complexity index is 1150. The summed E-state index contributed by atoms with van der Waals surface area (Å²) in [5.41, 5.74) is 4.37. The molecule has 0 amide bonds. The van der Waals surface area contributed by atoms with E-state index >= 15 is 0 Å². The lowest BCUT2D eigenvalue weighted by Gasteiger charge is -2.05. The number of benzene rings is 3. The normalized spacial score (nSPS) is 10.1. The van der Waals surface area contributed by atoms with Crippen molar-refractivity contribution in [3.8, 4) is 23.7 Å². The van der Waals surface area contributed by atoms with Crippen molar-refractivity contribution in [3.05, 3.63) is 106 Å². The van der Waals surface area contributed by atoms with E-state index in [1.807, 2.05) is 36.4 Å². The van der Waals surface area contributed by atoms with Crippen molar-refractivity contribution >= 4 is 0 Å². The zero-order chi connectivity index (χ0) is 22.8. The largest absolute Gasteiger partial charge is 0.203 e. The maximum atomic E-state index is 14.4. The Balaban J connectivity index is 1.67. The van der Waals surface area contributed by atoms with Gasteiger partial charge in [0.15, 0.2) is 11.6 Å². The van der Waals surface area contributed by atoms with Gasteiger partial charge in [-0.25, -0.2) is 8.78 Å². The molecule has 0 aromatic heterocycles. The minimum atomic E-state index is -0.859. The third kappa shape index (κ3) is 6.57. The Hall–Kier alpha value is -3.36. The van der Waals surface area contributed by atoms with Gasteiger partial charge in [-0.05, 0) is 72.9 Å². The van der Waals surface area contributed by atoms with Gasteiger partial charge in [0.1, 0.15) is 0 Å². The first kappa shape index (κ1) is 23.3. The number of hydrogen-bond acceptors (Lipinski definition) is 0. The average Bonchev–Trinajstić information content (AvgIpc) is 2.83. The van der Waals surface area contributed by atoms with Crippen molar-refractivity contribution in [1.29, 1.82) is 0 Å². The fourth-order valence-electron chi connectivity index (χ4n) is 3.37. The van der Waals surface area contributed by atoms with Crippen molar-refractivity contribution in [3.63, 3.8) is 0 Å². The van der Waals surface area contributed by atoms with Gasteiger partial charge in [0, 0.05) is 16.7 Å². The highest BCUT2D eigenvalue weighted by atomic mass is 19.2. The molecule has 0 saturated carbocycles. The summed E-state index contributed by atoms with van der Waals surface area (Å²) in [7, 11) is 0. The van der Waals surface area contributed by atoms with Crippen LogP contribution in [0.25, 0.3) is 0 Å². The SMILES string of the molecule is CCCCCCc1ccc(C#Cc2ccc(C#Cc3ccc(CC)cc3)cc2)c(F)c1F. The van der Waals surface area contributed by atoms with E-state index < -0.39 is 11.6 Å². The lowest BCUT2D eigenvalue weighted by molar-refractivity contribution is 0.493. The molecule has 0 radical (unpaired) electrons. The van der Waals surface area contributed by atoms with E-state index in [2.05, 4.69) is 49.7 Å². The summed E-state index contributed by atoms with van der Waals surface area (Å²) in [5, 5.41) is 0. The van der Waals surface area contributed by atoms with Crippen LogP contribution in [0.1, 0.15) is 72.9 Å². The number of hydrogen-bond donors (Lipinski definition) is 0. The standard InChI is InChI=1S/C30H28F2/c1-3-5-6-7-8-27-21-22-28(30(32)29(27)31)20-19-26-17-15-25(16-18-26)14-13-24-11-9-23(4-2)10-12-24/h9-12,15-18,21-22H,3-8H2,1-2H3. The maximum Gasteiger partial charge on any atom is 0.174 e. The quantitative estimate of drug-likeness (QED) is 0.284.